The molecule has 1 aliphatic carbocycles. The molecule has 6 nitrogen and oxygen atoms in total. The Labute approximate surface area is 93.5 Å². The smallest absolute Gasteiger partial charge is 0.291 e. The van der Waals surface area contributed by atoms with Gasteiger partial charge in [-0.2, -0.15) is 0 Å². The number of carbonyl (C=O) groups is 1. The molecule has 0 spiro atoms. The minimum absolute atomic E-state index is 0.158. The predicted octanol–water partition coefficient (Wildman–Crippen LogP) is 0.183. The summed E-state index contributed by atoms with van der Waals surface area (Å²) in [5.74, 6) is 1.07. The molecule has 1 atom stereocenters. The molecule has 0 aromatic carbocycles. The van der Waals surface area contributed by atoms with E-state index in [9.17, 15) is 9.90 Å². The summed E-state index contributed by atoms with van der Waals surface area (Å²) in [6.45, 7) is 2.09. The minimum Gasteiger partial charge on any atom is -0.391 e. The van der Waals surface area contributed by atoms with Crippen LogP contribution < -0.4 is 5.32 Å². The molecule has 2 rings (SSSR count). The Morgan fingerprint density at radius 2 is 2.44 bits per heavy atom. The molecule has 88 valence electrons. The number of aliphatic hydroxyl groups excluding tert-OH is 1. The SMILES string of the molecule is CCC(O)CNC(=O)c1n[nH]c(C2CC2)n1. The van der Waals surface area contributed by atoms with Crippen LogP contribution in [0.1, 0.15) is 48.5 Å². The summed E-state index contributed by atoms with van der Waals surface area (Å²) in [7, 11) is 0. The third-order valence-corrected chi connectivity index (χ3v) is 2.64. The van der Waals surface area contributed by atoms with E-state index >= 15 is 0 Å². The Hall–Kier alpha value is -1.43. The molecule has 1 amide bonds. The number of rotatable bonds is 5. The van der Waals surface area contributed by atoms with E-state index in [0.29, 0.717) is 12.3 Å². The standard InChI is InChI=1S/C10H16N4O2/c1-2-7(15)5-11-10(16)9-12-8(13-14-9)6-3-4-6/h6-7,15H,2-5H2,1H3,(H,11,16)(H,12,13,14). The van der Waals surface area contributed by atoms with Gasteiger partial charge in [-0.15, -0.1) is 5.10 Å². The molecule has 1 saturated carbocycles. The Morgan fingerprint density at radius 1 is 1.69 bits per heavy atom. The average molecular weight is 224 g/mol. The number of hydrogen-bond donors (Lipinski definition) is 3. The van der Waals surface area contributed by atoms with Gasteiger partial charge in [0, 0.05) is 12.5 Å². The normalized spacial score (nSPS) is 17.1. The molecule has 1 heterocycles. The number of hydrogen-bond acceptors (Lipinski definition) is 4. The molecule has 6 heteroatoms. The highest BCUT2D eigenvalue weighted by Gasteiger charge is 2.28. The van der Waals surface area contributed by atoms with E-state index in [2.05, 4.69) is 20.5 Å². The molecule has 1 fully saturated rings. The van der Waals surface area contributed by atoms with Crippen molar-refractivity contribution in [2.45, 2.75) is 38.2 Å². The van der Waals surface area contributed by atoms with Crippen molar-refractivity contribution in [1.29, 1.82) is 0 Å². The Kier molecular flexibility index (Phi) is 3.19. The first-order valence-electron chi connectivity index (χ1n) is 5.59. The lowest BCUT2D eigenvalue weighted by molar-refractivity contribution is 0.0904. The van der Waals surface area contributed by atoms with Gasteiger partial charge in [0.05, 0.1) is 6.10 Å². The predicted molar refractivity (Wildman–Crippen MR) is 57.0 cm³/mol. The van der Waals surface area contributed by atoms with E-state index in [1.807, 2.05) is 6.92 Å². The second kappa shape index (κ2) is 4.61. The van der Waals surface area contributed by atoms with Crippen molar-refractivity contribution in [1.82, 2.24) is 20.5 Å². The van der Waals surface area contributed by atoms with E-state index in [1.165, 1.54) is 0 Å². The van der Waals surface area contributed by atoms with Crippen LogP contribution in [0.5, 0.6) is 0 Å². The summed E-state index contributed by atoms with van der Waals surface area (Å²) < 4.78 is 0. The van der Waals surface area contributed by atoms with Crippen LogP contribution in [-0.4, -0.2) is 38.8 Å². The molecule has 0 radical (unpaired) electrons. The lowest BCUT2D eigenvalue weighted by atomic mass is 10.3. The van der Waals surface area contributed by atoms with Gasteiger partial charge >= 0.3 is 0 Å². The number of aromatic amines is 1. The molecule has 1 unspecified atom stereocenters. The molecular formula is C10H16N4O2. The summed E-state index contributed by atoms with van der Waals surface area (Å²) in [4.78, 5) is 15.7. The fourth-order valence-electron chi connectivity index (χ4n) is 1.35. The zero-order valence-corrected chi connectivity index (χ0v) is 9.23. The number of H-pyrrole nitrogens is 1. The Balaban J connectivity index is 1.87. The van der Waals surface area contributed by atoms with Gasteiger partial charge in [-0.1, -0.05) is 6.92 Å². The van der Waals surface area contributed by atoms with Crippen LogP contribution in [-0.2, 0) is 0 Å². The summed E-state index contributed by atoms with van der Waals surface area (Å²) >= 11 is 0. The van der Waals surface area contributed by atoms with E-state index in [-0.39, 0.29) is 18.3 Å². The fourth-order valence-corrected chi connectivity index (χ4v) is 1.35. The zero-order chi connectivity index (χ0) is 11.5. The molecule has 1 aromatic heterocycles. The highest BCUT2D eigenvalue weighted by Crippen LogP contribution is 2.37. The van der Waals surface area contributed by atoms with Crippen molar-refractivity contribution in [3.05, 3.63) is 11.6 Å². The number of aliphatic hydroxyl groups is 1. The van der Waals surface area contributed by atoms with Crippen LogP contribution in [0.15, 0.2) is 0 Å². The average Bonchev–Trinajstić information content (AvgIpc) is 3.03. The fraction of sp³-hybridized carbons (Fsp3) is 0.700. The van der Waals surface area contributed by atoms with E-state index in [1.54, 1.807) is 0 Å². The third kappa shape index (κ3) is 2.57. The van der Waals surface area contributed by atoms with Crippen molar-refractivity contribution < 1.29 is 9.90 Å². The van der Waals surface area contributed by atoms with Crippen molar-refractivity contribution in [3.8, 4) is 0 Å². The Bertz CT molecular complexity index is 373. The highest BCUT2D eigenvalue weighted by atomic mass is 16.3. The van der Waals surface area contributed by atoms with Crippen LogP contribution in [0.25, 0.3) is 0 Å². The van der Waals surface area contributed by atoms with Crippen LogP contribution in [0.3, 0.4) is 0 Å². The highest BCUT2D eigenvalue weighted by molar-refractivity contribution is 5.90. The largest absolute Gasteiger partial charge is 0.391 e. The summed E-state index contributed by atoms with van der Waals surface area (Å²) in [6, 6.07) is 0. The first-order chi connectivity index (χ1) is 7.70. The second-order valence-electron chi connectivity index (χ2n) is 4.09. The molecule has 1 aliphatic rings. The molecule has 0 saturated heterocycles. The van der Waals surface area contributed by atoms with E-state index in [4.69, 9.17) is 0 Å². The van der Waals surface area contributed by atoms with Crippen LogP contribution in [0, 0.1) is 0 Å². The van der Waals surface area contributed by atoms with Crippen molar-refractivity contribution in [2.24, 2.45) is 0 Å². The monoisotopic (exact) mass is 224 g/mol. The first-order valence-corrected chi connectivity index (χ1v) is 5.59. The molecule has 16 heavy (non-hydrogen) atoms. The van der Waals surface area contributed by atoms with Gasteiger partial charge < -0.3 is 10.4 Å². The van der Waals surface area contributed by atoms with Crippen LogP contribution in [0.4, 0.5) is 0 Å². The van der Waals surface area contributed by atoms with Crippen LogP contribution in [0.2, 0.25) is 0 Å². The third-order valence-electron chi connectivity index (χ3n) is 2.64. The van der Waals surface area contributed by atoms with Gasteiger partial charge in [-0.3, -0.25) is 9.89 Å². The van der Waals surface area contributed by atoms with Crippen molar-refractivity contribution in [3.63, 3.8) is 0 Å². The van der Waals surface area contributed by atoms with Crippen molar-refractivity contribution >= 4 is 5.91 Å². The van der Waals surface area contributed by atoms with Gasteiger partial charge in [0.1, 0.15) is 5.82 Å². The number of nitrogens with one attached hydrogen (secondary N) is 2. The number of amides is 1. The number of nitrogens with zero attached hydrogens (tertiary/aromatic N) is 2. The Morgan fingerprint density at radius 3 is 3.06 bits per heavy atom. The lowest BCUT2D eigenvalue weighted by Crippen LogP contribution is -2.32. The maximum absolute atomic E-state index is 11.6. The minimum atomic E-state index is -0.509. The maximum Gasteiger partial charge on any atom is 0.291 e. The number of carbonyl (C=O) groups excluding carboxylic acids is 1. The van der Waals surface area contributed by atoms with Gasteiger partial charge in [-0.05, 0) is 19.3 Å². The van der Waals surface area contributed by atoms with Gasteiger partial charge in [0.25, 0.3) is 5.91 Å². The van der Waals surface area contributed by atoms with Crippen LogP contribution >= 0.6 is 0 Å². The topological polar surface area (TPSA) is 90.9 Å². The zero-order valence-electron chi connectivity index (χ0n) is 9.23. The van der Waals surface area contributed by atoms with E-state index < -0.39 is 6.10 Å². The summed E-state index contributed by atoms with van der Waals surface area (Å²) in [5.41, 5.74) is 0. The summed E-state index contributed by atoms with van der Waals surface area (Å²) in [5, 5.41) is 18.5. The maximum atomic E-state index is 11.6. The quantitative estimate of drug-likeness (QED) is 0.665. The molecule has 0 bridgehead atoms. The first kappa shape index (κ1) is 11.1. The molecule has 3 N–H and O–H groups in total. The molecule has 1 aromatic rings. The second-order valence-corrected chi connectivity index (χ2v) is 4.09. The van der Waals surface area contributed by atoms with E-state index in [0.717, 1.165) is 18.7 Å². The molecular weight excluding hydrogens is 208 g/mol. The number of aromatic nitrogens is 3. The van der Waals surface area contributed by atoms with Gasteiger partial charge in [0.2, 0.25) is 5.82 Å². The lowest BCUT2D eigenvalue weighted by Gasteiger charge is -2.07. The van der Waals surface area contributed by atoms with Gasteiger partial charge in [0.15, 0.2) is 0 Å². The molecule has 0 aliphatic heterocycles. The summed E-state index contributed by atoms with van der Waals surface area (Å²) in [6.07, 6.45) is 2.34. The van der Waals surface area contributed by atoms with Gasteiger partial charge in [-0.25, -0.2) is 4.98 Å². The van der Waals surface area contributed by atoms with Crippen molar-refractivity contribution in [2.75, 3.05) is 6.54 Å².